The molecule has 100 valence electrons. The summed E-state index contributed by atoms with van der Waals surface area (Å²) >= 11 is 1.41. The van der Waals surface area contributed by atoms with Crippen molar-refractivity contribution < 1.29 is 9.90 Å². The van der Waals surface area contributed by atoms with Crippen LogP contribution in [0, 0.1) is 6.92 Å². The second-order valence-electron chi connectivity index (χ2n) is 4.16. The van der Waals surface area contributed by atoms with Gasteiger partial charge >= 0.3 is 0 Å². The highest BCUT2D eigenvalue weighted by Gasteiger charge is 2.14. The van der Waals surface area contributed by atoms with Crippen molar-refractivity contribution in [3.63, 3.8) is 0 Å². The van der Waals surface area contributed by atoms with Gasteiger partial charge < -0.3 is 10.4 Å². The van der Waals surface area contributed by atoms with Gasteiger partial charge in [-0.2, -0.15) is 0 Å². The van der Waals surface area contributed by atoms with Crippen LogP contribution in [0.15, 0.2) is 30.3 Å². The lowest BCUT2D eigenvalue weighted by Gasteiger charge is -2.00. The maximum atomic E-state index is 11.8. The van der Waals surface area contributed by atoms with Crippen LogP contribution in [0.4, 0.5) is 0 Å². The van der Waals surface area contributed by atoms with E-state index in [0.717, 1.165) is 17.1 Å². The van der Waals surface area contributed by atoms with Crippen LogP contribution in [-0.4, -0.2) is 29.1 Å². The number of aliphatic hydroxyl groups is 1. The van der Waals surface area contributed by atoms with Gasteiger partial charge in [0, 0.05) is 13.0 Å². The lowest BCUT2D eigenvalue weighted by atomic mass is 10.2. The van der Waals surface area contributed by atoms with Gasteiger partial charge in [0.25, 0.3) is 5.91 Å². The van der Waals surface area contributed by atoms with E-state index in [1.54, 1.807) is 0 Å². The Hall–Kier alpha value is -1.72. The lowest BCUT2D eigenvalue weighted by Crippen LogP contribution is -2.26. The average Bonchev–Trinajstić information content (AvgIpc) is 2.78. The molecule has 1 heterocycles. The zero-order valence-electron chi connectivity index (χ0n) is 10.7. The molecule has 0 saturated heterocycles. The SMILES string of the molecule is Cc1nc(Cc2ccccc2)sc1C(=O)NCCO. The van der Waals surface area contributed by atoms with Crippen molar-refractivity contribution in [2.45, 2.75) is 13.3 Å². The highest BCUT2D eigenvalue weighted by Crippen LogP contribution is 2.20. The first-order chi connectivity index (χ1) is 9.20. The maximum absolute atomic E-state index is 11.8. The van der Waals surface area contributed by atoms with Crippen LogP contribution < -0.4 is 5.32 Å². The van der Waals surface area contributed by atoms with E-state index in [1.165, 1.54) is 16.9 Å². The van der Waals surface area contributed by atoms with E-state index >= 15 is 0 Å². The third kappa shape index (κ3) is 3.62. The Morgan fingerprint density at radius 1 is 1.37 bits per heavy atom. The second kappa shape index (κ2) is 6.45. The van der Waals surface area contributed by atoms with E-state index in [-0.39, 0.29) is 19.1 Å². The fraction of sp³-hybridized carbons (Fsp3) is 0.286. The number of amides is 1. The summed E-state index contributed by atoms with van der Waals surface area (Å²) in [4.78, 5) is 16.9. The van der Waals surface area contributed by atoms with Gasteiger partial charge in [-0.15, -0.1) is 11.3 Å². The largest absolute Gasteiger partial charge is 0.395 e. The van der Waals surface area contributed by atoms with Gasteiger partial charge in [-0.3, -0.25) is 4.79 Å². The number of nitrogens with zero attached hydrogens (tertiary/aromatic N) is 1. The number of aliphatic hydroxyl groups excluding tert-OH is 1. The topological polar surface area (TPSA) is 62.2 Å². The Balaban J connectivity index is 2.10. The molecule has 1 aromatic heterocycles. The first kappa shape index (κ1) is 13.7. The number of hydrogen-bond donors (Lipinski definition) is 2. The Labute approximate surface area is 116 Å². The Morgan fingerprint density at radius 2 is 2.11 bits per heavy atom. The summed E-state index contributed by atoms with van der Waals surface area (Å²) in [5.41, 5.74) is 1.92. The van der Waals surface area contributed by atoms with Crippen LogP contribution >= 0.6 is 11.3 Å². The van der Waals surface area contributed by atoms with Crippen molar-refractivity contribution >= 4 is 17.2 Å². The molecule has 4 nitrogen and oxygen atoms in total. The van der Waals surface area contributed by atoms with E-state index in [9.17, 15) is 4.79 Å². The van der Waals surface area contributed by atoms with Gasteiger partial charge in [0.2, 0.25) is 0 Å². The number of aromatic nitrogens is 1. The van der Waals surface area contributed by atoms with E-state index in [1.807, 2.05) is 37.3 Å². The molecule has 0 aliphatic carbocycles. The molecule has 1 amide bonds. The molecule has 2 aromatic rings. The summed E-state index contributed by atoms with van der Waals surface area (Å²) in [5, 5.41) is 12.3. The van der Waals surface area contributed by atoms with Gasteiger partial charge in [0.05, 0.1) is 17.3 Å². The van der Waals surface area contributed by atoms with E-state index in [0.29, 0.717) is 4.88 Å². The van der Waals surface area contributed by atoms with Crippen LogP contribution in [-0.2, 0) is 6.42 Å². The summed E-state index contributed by atoms with van der Waals surface area (Å²) in [5.74, 6) is -0.164. The number of thiazole rings is 1. The third-order valence-corrected chi connectivity index (χ3v) is 3.80. The standard InChI is InChI=1S/C14H16N2O2S/c1-10-13(14(18)15-7-8-17)19-12(16-10)9-11-5-3-2-4-6-11/h2-6,17H,7-9H2,1H3,(H,15,18). The van der Waals surface area contributed by atoms with E-state index in [4.69, 9.17) is 5.11 Å². The molecule has 0 aliphatic rings. The maximum Gasteiger partial charge on any atom is 0.263 e. The van der Waals surface area contributed by atoms with Crippen molar-refractivity contribution in [1.29, 1.82) is 0 Å². The van der Waals surface area contributed by atoms with Crippen LogP contribution in [0.5, 0.6) is 0 Å². The predicted octanol–water partition coefficient (Wildman–Crippen LogP) is 1.76. The fourth-order valence-corrected chi connectivity index (χ4v) is 2.77. The molecule has 0 atom stereocenters. The van der Waals surface area contributed by atoms with E-state index in [2.05, 4.69) is 10.3 Å². The molecule has 0 unspecified atom stereocenters. The van der Waals surface area contributed by atoms with Crippen LogP contribution in [0.2, 0.25) is 0 Å². The van der Waals surface area contributed by atoms with Crippen LogP contribution in [0.3, 0.4) is 0 Å². The molecule has 0 spiro atoms. The van der Waals surface area contributed by atoms with Crippen molar-refractivity contribution in [3.8, 4) is 0 Å². The van der Waals surface area contributed by atoms with Gasteiger partial charge in [0.1, 0.15) is 4.88 Å². The van der Waals surface area contributed by atoms with Gasteiger partial charge in [-0.1, -0.05) is 30.3 Å². The summed E-state index contributed by atoms with van der Waals surface area (Å²) in [7, 11) is 0. The van der Waals surface area contributed by atoms with Gasteiger partial charge in [-0.25, -0.2) is 4.98 Å². The number of benzene rings is 1. The predicted molar refractivity (Wildman–Crippen MR) is 75.5 cm³/mol. The smallest absolute Gasteiger partial charge is 0.263 e. The van der Waals surface area contributed by atoms with Crippen molar-refractivity contribution in [1.82, 2.24) is 10.3 Å². The number of hydrogen-bond acceptors (Lipinski definition) is 4. The minimum Gasteiger partial charge on any atom is -0.395 e. The normalized spacial score (nSPS) is 10.4. The number of rotatable bonds is 5. The number of nitrogens with one attached hydrogen (secondary N) is 1. The van der Waals surface area contributed by atoms with E-state index < -0.39 is 0 Å². The molecule has 0 fully saturated rings. The molecule has 5 heteroatoms. The number of carbonyl (C=O) groups excluding carboxylic acids is 1. The quantitative estimate of drug-likeness (QED) is 0.875. The Morgan fingerprint density at radius 3 is 2.79 bits per heavy atom. The molecule has 2 N–H and O–H groups in total. The Kier molecular flexibility index (Phi) is 4.65. The number of aryl methyl sites for hydroxylation is 1. The van der Waals surface area contributed by atoms with Crippen LogP contribution in [0.1, 0.15) is 25.9 Å². The van der Waals surface area contributed by atoms with Crippen molar-refractivity contribution in [2.24, 2.45) is 0 Å². The highest BCUT2D eigenvalue weighted by atomic mass is 32.1. The molecule has 0 bridgehead atoms. The lowest BCUT2D eigenvalue weighted by molar-refractivity contribution is 0.0948. The minimum atomic E-state index is -0.164. The van der Waals surface area contributed by atoms with Gasteiger partial charge in [0.15, 0.2) is 0 Å². The minimum absolute atomic E-state index is 0.0551. The first-order valence-corrected chi connectivity index (χ1v) is 6.91. The summed E-state index contributed by atoms with van der Waals surface area (Å²) in [6.07, 6.45) is 0.736. The molecule has 19 heavy (non-hydrogen) atoms. The molecular formula is C14H16N2O2S. The molecule has 0 radical (unpaired) electrons. The zero-order chi connectivity index (χ0) is 13.7. The molecule has 0 aliphatic heterocycles. The van der Waals surface area contributed by atoms with Crippen molar-refractivity contribution in [2.75, 3.05) is 13.2 Å². The highest BCUT2D eigenvalue weighted by molar-refractivity contribution is 7.13. The Bertz CT molecular complexity index is 552. The average molecular weight is 276 g/mol. The number of carbonyl (C=O) groups is 1. The third-order valence-electron chi connectivity index (χ3n) is 2.64. The second-order valence-corrected chi connectivity index (χ2v) is 5.25. The summed E-state index contributed by atoms with van der Waals surface area (Å²) in [6.45, 7) is 2.05. The molecule has 1 aromatic carbocycles. The van der Waals surface area contributed by atoms with Crippen LogP contribution in [0.25, 0.3) is 0 Å². The first-order valence-electron chi connectivity index (χ1n) is 6.10. The summed E-state index contributed by atoms with van der Waals surface area (Å²) in [6, 6.07) is 10.0. The molecule has 2 rings (SSSR count). The van der Waals surface area contributed by atoms with Crippen molar-refractivity contribution in [3.05, 3.63) is 51.5 Å². The zero-order valence-corrected chi connectivity index (χ0v) is 11.5. The molecular weight excluding hydrogens is 260 g/mol. The fourth-order valence-electron chi connectivity index (χ4n) is 1.76. The monoisotopic (exact) mass is 276 g/mol. The molecule has 0 saturated carbocycles. The summed E-state index contributed by atoms with van der Waals surface area (Å²) < 4.78 is 0. The van der Waals surface area contributed by atoms with Gasteiger partial charge in [-0.05, 0) is 12.5 Å².